The number of unbranched alkanes of at least 4 members (excludes halogenated alkanes) is 12. The van der Waals surface area contributed by atoms with Gasteiger partial charge in [-0.1, -0.05) is 76.9 Å². The molecular weight excluding hydrogens is 493 g/mol. The van der Waals surface area contributed by atoms with Gasteiger partial charge in [-0.3, -0.25) is 13.8 Å². The van der Waals surface area contributed by atoms with Gasteiger partial charge in [0.25, 0.3) is 0 Å². The summed E-state index contributed by atoms with van der Waals surface area (Å²) < 4.78 is 33.4. The number of phosphoric ester groups is 1. The van der Waals surface area contributed by atoms with Crippen molar-refractivity contribution in [3.8, 4) is 0 Å². The van der Waals surface area contributed by atoms with Gasteiger partial charge < -0.3 is 18.9 Å². The third-order valence-corrected chi connectivity index (χ3v) is 6.86. The van der Waals surface area contributed by atoms with Crippen LogP contribution in [-0.2, 0) is 27.9 Å². The normalized spacial score (nSPS) is 14.6. The minimum absolute atomic E-state index is 0.0853. The maximum Gasteiger partial charge on any atom is 0.472 e. The molecule has 0 fully saturated rings. The van der Waals surface area contributed by atoms with Crippen molar-refractivity contribution in [2.45, 2.75) is 110 Å². The average Bonchev–Trinajstić information content (AvgIpc) is 2.80. The van der Waals surface area contributed by atoms with Crippen molar-refractivity contribution in [1.82, 2.24) is 0 Å². The first-order valence-electron chi connectivity index (χ1n) is 14.4. The first-order chi connectivity index (χ1) is 17.6. The standard InChI is InChI=1S/C28H56NO7P/c1-6-7-8-9-10-11-12-13-14-15-16-17-18-19-20-21-23-33-25-28(36-27(2)30)26-35-37(31,32)34-24-22-29(3,4)5/h13-14,28H,6-12,15-26H2,1-5H3/p+1/b14-13-/t28-/m1/s1. The summed E-state index contributed by atoms with van der Waals surface area (Å²) in [6.07, 6.45) is 21.4. The van der Waals surface area contributed by atoms with Gasteiger partial charge in [-0.2, -0.15) is 0 Å². The van der Waals surface area contributed by atoms with Crippen molar-refractivity contribution < 1.29 is 37.3 Å². The summed E-state index contributed by atoms with van der Waals surface area (Å²) in [4.78, 5) is 21.2. The quantitative estimate of drug-likeness (QED) is 0.0416. The van der Waals surface area contributed by atoms with E-state index in [2.05, 4.69) is 19.1 Å². The Kier molecular flexibility index (Phi) is 22.7. The van der Waals surface area contributed by atoms with Crippen LogP contribution in [-0.4, -0.2) is 75.6 Å². The molecule has 2 atom stereocenters. The molecule has 9 heteroatoms. The highest BCUT2D eigenvalue weighted by Crippen LogP contribution is 2.43. The summed E-state index contributed by atoms with van der Waals surface area (Å²) >= 11 is 0. The van der Waals surface area contributed by atoms with Crippen molar-refractivity contribution in [3.05, 3.63) is 12.2 Å². The van der Waals surface area contributed by atoms with E-state index in [0.717, 1.165) is 12.8 Å². The van der Waals surface area contributed by atoms with Crippen molar-refractivity contribution in [2.75, 3.05) is 54.1 Å². The molecule has 0 aromatic carbocycles. The van der Waals surface area contributed by atoms with E-state index in [0.29, 0.717) is 17.6 Å². The Morgan fingerprint density at radius 2 is 1.35 bits per heavy atom. The lowest BCUT2D eigenvalue weighted by Crippen LogP contribution is -2.37. The number of carbonyl (C=O) groups is 1. The fourth-order valence-corrected chi connectivity index (χ4v) is 4.40. The molecule has 0 radical (unpaired) electrons. The Labute approximate surface area is 227 Å². The molecule has 37 heavy (non-hydrogen) atoms. The molecule has 0 aliphatic heterocycles. The number of carbonyl (C=O) groups excluding carboxylic acids is 1. The van der Waals surface area contributed by atoms with Crippen LogP contribution in [0, 0.1) is 0 Å². The third-order valence-electron chi connectivity index (χ3n) is 5.88. The minimum atomic E-state index is -4.22. The molecule has 0 aliphatic carbocycles. The molecule has 220 valence electrons. The SMILES string of the molecule is CCCCCCCC/C=C\CCCCCCCCOC[C@H](COP(=O)(O)OCC[N+](C)(C)C)OC(C)=O. The van der Waals surface area contributed by atoms with Gasteiger partial charge >= 0.3 is 13.8 Å². The number of esters is 1. The average molecular weight is 551 g/mol. The van der Waals surface area contributed by atoms with Crippen LogP contribution < -0.4 is 0 Å². The molecule has 1 N–H and O–H groups in total. The van der Waals surface area contributed by atoms with E-state index in [1.165, 1.54) is 84.0 Å². The molecule has 1 unspecified atom stereocenters. The number of ether oxygens (including phenoxy) is 2. The molecule has 0 aliphatic rings. The van der Waals surface area contributed by atoms with Gasteiger partial charge in [-0.25, -0.2) is 4.57 Å². The predicted molar refractivity (Wildman–Crippen MR) is 150 cm³/mol. The van der Waals surface area contributed by atoms with E-state index in [-0.39, 0.29) is 19.8 Å². The first kappa shape index (κ1) is 36.2. The second-order valence-corrected chi connectivity index (χ2v) is 12.3. The molecule has 0 aromatic rings. The van der Waals surface area contributed by atoms with Gasteiger partial charge in [0.2, 0.25) is 0 Å². The summed E-state index contributed by atoms with van der Waals surface area (Å²) in [7, 11) is 1.65. The number of allylic oxidation sites excluding steroid dienone is 2. The van der Waals surface area contributed by atoms with E-state index in [9.17, 15) is 14.3 Å². The molecular formula is C28H57NO7P+. The van der Waals surface area contributed by atoms with E-state index < -0.39 is 19.9 Å². The number of phosphoric acid groups is 1. The molecule has 0 bridgehead atoms. The lowest BCUT2D eigenvalue weighted by Gasteiger charge is -2.24. The van der Waals surface area contributed by atoms with Crippen molar-refractivity contribution >= 4 is 13.8 Å². The topological polar surface area (TPSA) is 91.3 Å². The van der Waals surface area contributed by atoms with E-state index in [4.69, 9.17) is 18.5 Å². The second-order valence-electron chi connectivity index (χ2n) is 10.9. The van der Waals surface area contributed by atoms with Crippen LogP contribution in [0.1, 0.15) is 104 Å². The Hall–Kier alpha value is -0.760. The molecule has 0 saturated heterocycles. The Bertz CT molecular complexity index is 622. The van der Waals surface area contributed by atoms with Crippen LogP contribution in [0.5, 0.6) is 0 Å². The Morgan fingerprint density at radius 3 is 1.89 bits per heavy atom. The van der Waals surface area contributed by atoms with Gasteiger partial charge in [0.05, 0.1) is 34.4 Å². The van der Waals surface area contributed by atoms with Crippen LogP contribution in [0.4, 0.5) is 0 Å². The lowest BCUT2D eigenvalue weighted by molar-refractivity contribution is -0.870. The Balaban J connectivity index is 3.77. The maximum absolute atomic E-state index is 12.1. The summed E-state index contributed by atoms with van der Waals surface area (Å²) in [5.41, 5.74) is 0. The summed E-state index contributed by atoms with van der Waals surface area (Å²) in [5, 5.41) is 0. The van der Waals surface area contributed by atoms with Gasteiger partial charge in [0.1, 0.15) is 19.3 Å². The highest BCUT2D eigenvalue weighted by Gasteiger charge is 2.25. The van der Waals surface area contributed by atoms with Gasteiger partial charge in [-0.05, 0) is 32.1 Å². The monoisotopic (exact) mass is 550 g/mol. The van der Waals surface area contributed by atoms with Crippen LogP contribution in [0.25, 0.3) is 0 Å². The summed E-state index contributed by atoms with van der Waals surface area (Å²) in [5.74, 6) is -0.492. The smallest absolute Gasteiger partial charge is 0.458 e. The fourth-order valence-electron chi connectivity index (χ4n) is 3.66. The Morgan fingerprint density at radius 1 is 0.811 bits per heavy atom. The van der Waals surface area contributed by atoms with Gasteiger partial charge in [-0.15, -0.1) is 0 Å². The number of hydrogen-bond acceptors (Lipinski definition) is 6. The maximum atomic E-state index is 12.1. The zero-order chi connectivity index (χ0) is 27.8. The molecule has 0 spiro atoms. The highest BCUT2D eigenvalue weighted by atomic mass is 31.2. The number of likely N-dealkylation sites (N-methyl/N-ethyl adjacent to an activating group) is 1. The molecule has 0 aromatic heterocycles. The van der Waals surface area contributed by atoms with Crippen molar-refractivity contribution in [1.29, 1.82) is 0 Å². The number of quaternary nitrogens is 1. The van der Waals surface area contributed by atoms with Gasteiger partial charge in [0.15, 0.2) is 0 Å². The summed E-state index contributed by atoms with van der Waals surface area (Å²) in [6, 6.07) is 0. The second kappa shape index (κ2) is 23.2. The summed E-state index contributed by atoms with van der Waals surface area (Å²) in [6.45, 7) is 4.59. The van der Waals surface area contributed by atoms with Crippen LogP contribution in [0.15, 0.2) is 12.2 Å². The van der Waals surface area contributed by atoms with Gasteiger partial charge in [0, 0.05) is 13.5 Å². The van der Waals surface area contributed by atoms with E-state index in [1.54, 1.807) is 0 Å². The van der Waals surface area contributed by atoms with Crippen molar-refractivity contribution in [3.63, 3.8) is 0 Å². The lowest BCUT2D eigenvalue weighted by atomic mass is 10.1. The molecule has 8 nitrogen and oxygen atoms in total. The van der Waals surface area contributed by atoms with Crippen LogP contribution in [0.2, 0.25) is 0 Å². The molecule has 0 saturated carbocycles. The molecule has 0 heterocycles. The largest absolute Gasteiger partial charge is 0.472 e. The molecule has 0 rings (SSSR count). The zero-order valence-corrected chi connectivity index (χ0v) is 25.4. The number of rotatable bonds is 26. The number of nitrogens with zero attached hydrogens (tertiary/aromatic N) is 1. The molecule has 0 amide bonds. The van der Waals surface area contributed by atoms with E-state index in [1.807, 2.05) is 21.1 Å². The number of hydrogen-bond donors (Lipinski definition) is 1. The first-order valence-corrected chi connectivity index (χ1v) is 15.9. The van der Waals surface area contributed by atoms with Crippen LogP contribution >= 0.6 is 7.82 Å². The zero-order valence-electron chi connectivity index (χ0n) is 24.5. The minimum Gasteiger partial charge on any atom is -0.458 e. The van der Waals surface area contributed by atoms with Crippen LogP contribution in [0.3, 0.4) is 0 Å². The van der Waals surface area contributed by atoms with Crippen molar-refractivity contribution in [2.24, 2.45) is 0 Å². The highest BCUT2D eigenvalue weighted by molar-refractivity contribution is 7.47. The van der Waals surface area contributed by atoms with E-state index >= 15 is 0 Å². The third kappa shape index (κ3) is 28.1. The fraction of sp³-hybridized carbons (Fsp3) is 0.893. The predicted octanol–water partition coefficient (Wildman–Crippen LogP) is 6.81.